The zero-order valence-corrected chi connectivity index (χ0v) is 8.93. The molecule has 0 atom stereocenters. The normalized spacial score (nSPS) is 16.7. The van der Waals surface area contributed by atoms with Crippen molar-refractivity contribution in [1.29, 1.82) is 0 Å². The monoisotopic (exact) mass is 181 g/mol. The lowest BCUT2D eigenvalue weighted by molar-refractivity contribution is 0.289. The van der Waals surface area contributed by atoms with E-state index in [9.17, 15) is 0 Å². The van der Waals surface area contributed by atoms with Crippen LogP contribution in [0.25, 0.3) is 0 Å². The van der Waals surface area contributed by atoms with E-state index in [1.54, 1.807) is 5.20 Å². The molecule has 0 fully saturated rings. The topological polar surface area (TPSA) is 20.2 Å². The molecule has 0 aliphatic heterocycles. The highest BCUT2D eigenvalue weighted by molar-refractivity contribution is 6.65. The summed E-state index contributed by atoms with van der Waals surface area (Å²) in [6, 6.07) is 0. The quantitative estimate of drug-likeness (QED) is 0.660. The molecule has 1 aliphatic carbocycles. The summed E-state index contributed by atoms with van der Waals surface area (Å²) in [5, 5.41) is 10.3. The molecule has 0 aromatic rings. The minimum absolute atomic E-state index is 0.279. The number of aliphatic hydroxyl groups is 1. The van der Waals surface area contributed by atoms with Crippen LogP contribution in [0.15, 0.2) is 22.9 Å². The van der Waals surface area contributed by atoms with Crippen molar-refractivity contribution in [3.63, 3.8) is 0 Å². The Hall–Kier alpha value is -0.343. The van der Waals surface area contributed by atoms with Crippen LogP contribution < -0.4 is 0 Å². The summed E-state index contributed by atoms with van der Waals surface area (Å²) in [4.78, 5) is 0. The molecule has 1 rings (SSSR count). The molecular formula is C10H17OSi. The van der Waals surface area contributed by atoms with Crippen LogP contribution in [0.5, 0.6) is 0 Å². The van der Waals surface area contributed by atoms with E-state index < -0.39 is 0 Å². The third kappa shape index (κ3) is 2.32. The van der Waals surface area contributed by atoms with Crippen molar-refractivity contribution >= 4 is 8.80 Å². The maximum Gasteiger partial charge on any atom is 0.0791 e. The molecule has 1 aliphatic rings. The summed E-state index contributed by atoms with van der Waals surface area (Å²) in [6.07, 6.45) is 7.76. The van der Waals surface area contributed by atoms with Crippen LogP contribution in [0.1, 0.15) is 19.3 Å². The van der Waals surface area contributed by atoms with Gasteiger partial charge in [0.25, 0.3) is 0 Å². The summed E-state index contributed by atoms with van der Waals surface area (Å²) in [5.74, 6) is 0. The molecule has 0 saturated carbocycles. The first-order chi connectivity index (χ1) is 5.75. The van der Waals surface area contributed by atoms with Gasteiger partial charge in [-0.2, -0.15) is 0 Å². The van der Waals surface area contributed by atoms with Crippen molar-refractivity contribution in [3.8, 4) is 0 Å². The van der Waals surface area contributed by atoms with Crippen LogP contribution >= 0.6 is 0 Å². The molecule has 0 bridgehead atoms. The lowest BCUT2D eigenvalue weighted by Crippen LogP contribution is -2.06. The van der Waals surface area contributed by atoms with Crippen molar-refractivity contribution in [2.24, 2.45) is 0 Å². The van der Waals surface area contributed by atoms with Gasteiger partial charge in [-0.25, -0.2) is 0 Å². The van der Waals surface area contributed by atoms with Crippen LogP contribution in [-0.4, -0.2) is 20.5 Å². The lowest BCUT2D eigenvalue weighted by atomic mass is 10.1. The lowest BCUT2D eigenvalue weighted by Gasteiger charge is -2.09. The highest BCUT2D eigenvalue weighted by Gasteiger charge is 2.13. The van der Waals surface area contributed by atoms with Gasteiger partial charge in [0.05, 0.1) is 8.80 Å². The van der Waals surface area contributed by atoms with Gasteiger partial charge in [-0.15, -0.1) is 0 Å². The number of hydrogen-bond acceptors (Lipinski definition) is 1. The van der Waals surface area contributed by atoms with E-state index in [1.807, 2.05) is 0 Å². The Morgan fingerprint density at radius 1 is 1.42 bits per heavy atom. The first kappa shape index (κ1) is 9.74. The minimum atomic E-state index is -0.279. The summed E-state index contributed by atoms with van der Waals surface area (Å²) in [6.45, 7) is 4.98. The zero-order valence-electron chi connectivity index (χ0n) is 7.93. The van der Waals surface area contributed by atoms with Crippen molar-refractivity contribution < 1.29 is 5.11 Å². The number of aliphatic hydroxyl groups excluding tert-OH is 1. The van der Waals surface area contributed by atoms with E-state index in [0.717, 1.165) is 19.3 Å². The Bertz CT molecular complexity index is 204. The Balaban J connectivity index is 2.49. The van der Waals surface area contributed by atoms with Crippen LogP contribution in [0.4, 0.5) is 0 Å². The molecular weight excluding hydrogens is 164 g/mol. The molecule has 1 radical (unpaired) electrons. The third-order valence-electron chi connectivity index (χ3n) is 2.18. The second-order valence-corrected chi connectivity index (χ2v) is 5.95. The highest BCUT2D eigenvalue weighted by Crippen LogP contribution is 2.25. The fourth-order valence-corrected chi connectivity index (χ4v) is 2.99. The van der Waals surface area contributed by atoms with Crippen LogP contribution in [-0.2, 0) is 0 Å². The Morgan fingerprint density at radius 2 is 2.17 bits per heavy atom. The predicted molar refractivity (Wildman–Crippen MR) is 54.6 cm³/mol. The maximum atomic E-state index is 8.71. The smallest absolute Gasteiger partial charge is 0.0791 e. The molecule has 0 aromatic carbocycles. The summed E-state index contributed by atoms with van der Waals surface area (Å²) >= 11 is 0. The van der Waals surface area contributed by atoms with Crippen molar-refractivity contribution in [2.75, 3.05) is 6.61 Å². The molecule has 2 heteroatoms. The SMILES string of the molecule is C[Si](C)C1=CCC=C1CCCO. The Morgan fingerprint density at radius 3 is 2.75 bits per heavy atom. The third-order valence-corrected chi connectivity index (χ3v) is 3.78. The molecule has 0 heterocycles. The zero-order chi connectivity index (χ0) is 8.97. The molecule has 0 saturated heterocycles. The van der Waals surface area contributed by atoms with Crippen LogP contribution in [0.3, 0.4) is 0 Å². The van der Waals surface area contributed by atoms with Crippen molar-refractivity contribution in [1.82, 2.24) is 0 Å². The van der Waals surface area contributed by atoms with Gasteiger partial charge < -0.3 is 5.11 Å². The molecule has 0 unspecified atom stereocenters. The fraction of sp³-hybridized carbons (Fsp3) is 0.600. The Labute approximate surface area is 76.4 Å². The maximum absolute atomic E-state index is 8.71. The molecule has 0 amide bonds. The number of hydrogen-bond donors (Lipinski definition) is 1. The largest absolute Gasteiger partial charge is 0.396 e. The van der Waals surface area contributed by atoms with Crippen LogP contribution in [0.2, 0.25) is 13.1 Å². The van der Waals surface area contributed by atoms with E-state index in [4.69, 9.17) is 5.11 Å². The molecule has 1 nitrogen and oxygen atoms in total. The molecule has 12 heavy (non-hydrogen) atoms. The van der Waals surface area contributed by atoms with Gasteiger partial charge in [-0.1, -0.05) is 36.0 Å². The van der Waals surface area contributed by atoms with Gasteiger partial charge in [0.2, 0.25) is 0 Å². The fourth-order valence-electron chi connectivity index (χ4n) is 1.59. The van der Waals surface area contributed by atoms with Gasteiger partial charge in [0.1, 0.15) is 0 Å². The number of allylic oxidation sites excluding steroid dienone is 4. The van der Waals surface area contributed by atoms with Gasteiger partial charge in [-0.3, -0.25) is 0 Å². The van der Waals surface area contributed by atoms with Gasteiger partial charge in [-0.05, 0) is 19.3 Å². The van der Waals surface area contributed by atoms with Gasteiger partial charge in [0, 0.05) is 6.61 Å². The molecule has 0 aromatic heterocycles. The highest BCUT2D eigenvalue weighted by atomic mass is 28.3. The summed E-state index contributed by atoms with van der Waals surface area (Å²) < 4.78 is 0. The van der Waals surface area contributed by atoms with Crippen molar-refractivity contribution in [2.45, 2.75) is 32.4 Å². The molecule has 67 valence electrons. The average molecular weight is 181 g/mol. The van der Waals surface area contributed by atoms with E-state index in [0.29, 0.717) is 6.61 Å². The van der Waals surface area contributed by atoms with E-state index in [1.165, 1.54) is 5.57 Å². The van der Waals surface area contributed by atoms with E-state index in [-0.39, 0.29) is 8.80 Å². The Kier molecular flexibility index (Phi) is 3.76. The molecule has 0 spiro atoms. The second-order valence-electron chi connectivity index (χ2n) is 3.41. The minimum Gasteiger partial charge on any atom is -0.396 e. The van der Waals surface area contributed by atoms with Crippen LogP contribution in [0, 0.1) is 0 Å². The molecule has 1 N–H and O–H groups in total. The summed E-state index contributed by atoms with van der Waals surface area (Å²) in [5.41, 5.74) is 1.50. The first-order valence-corrected chi connectivity index (χ1v) is 7.06. The number of rotatable bonds is 4. The van der Waals surface area contributed by atoms with E-state index in [2.05, 4.69) is 25.2 Å². The van der Waals surface area contributed by atoms with Gasteiger partial charge >= 0.3 is 0 Å². The summed E-state index contributed by atoms with van der Waals surface area (Å²) in [7, 11) is -0.279. The van der Waals surface area contributed by atoms with E-state index >= 15 is 0 Å². The van der Waals surface area contributed by atoms with Crippen molar-refractivity contribution in [3.05, 3.63) is 22.9 Å². The standard InChI is InChI=1S/C10H17OSi/c1-12(2)10-7-3-5-9(10)6-4-8-11/h5,7,11H,3-4,6,8H2,1-2H3. The first-order valence-electron chi connectivity index (χ1n) is 4.56. The second kappa shape index (κ2) is 4.63. The van der Waals surface area contributed by atoms with Gasteiger partial charge in [0.15, 0.2) is 0 Å². The predicted octanol–water partition coefficient (Wildman–Crippen LogP) is 2.31. The average Bonchev–Trinajstić information content (AvgIpc) is 2.48.